The molecule has 1 atom stereocenters. The average Bonchev–Trinajstić information content (AvgIpc) is 2.40. The summed E-state index contributed by atoms with van der Waals surface area (Å²) in [4.78, 5) is 0.256. The third-order valence-electron chi connectivity index (χ3n) is 2.63. The lowest BCUT2D eigenvalue weighted by Gasteiger charge is -2.23. The van der Waals surface area contributed by atoms with Crippen molar-refractivity contribution < 1.29 is 17.9 Å². The third kappa shape index (κ3) is 2.59. The van der Waals surface area contributed by atoms with Crippen molar-refractivity contribution in [1.82, 2.24) is 5.32 Å². The van der Waals surface area contributed by atoms with E-state index < -0.39 is 15.3 Å². The SMILES string of the molecule is COc1ccc(S(=O)(=O)C2CNCCO2)cc1. The van der Waals surface area contributed by atoms with Crippen LogP contribution in [0.4, 0.5) is 0 Å². The molecule has 1 unspecified atom stereocenters. The molecule has 0 saturated carbocycles. The highest BCUT2D eigenvalue weighted by atomic mass is 32.2. The summed E-state index contributed by atoms with van der Waals surface area (Å²) in [6.45, 7) is 1.43. The Balaban J connectivity index is 2.23. The van der Waals surface area contributed by atoms with Gasteiger partial charge in [0.1, 0.15) is 5.75 Å². The van der Waals surface area contributed by atoms with Gasteiger partial charge in [-0.1, -0.05) is 0 Å². The number of nitrogens with one attached hydrogen (secondary N) is 1. The smallest absolute Gasteiger partial charge is 0.206 e. The van der Waals surface area contributed by atoms with Crippen molar-refractivity contribution >= 4 is 9.84 Å². The van der Waals surface area contributed by atoms with Crippen molar-refractivity contribution in [3.8, 4) is 5.75 Å². The highest BCUT2D eigenvalue weighted by Crippen LogP contribution is 2.20. The first-order chi connectivity index (χ1) is 8.14. The van der Waals surface area contributed by atoms with Crippen LogP contribution in [0.3, 0.4) is 0 Å². The molecule has 1 fully saturated rings. The molecule has 1 saturated heterocycles. The van der Waals surface area contributed by atoms with Gasteiger partial charge in [0.2, 0.25) is 9.84 Å². The van der Waals surface area contributed by atoms with Crippen molar-refractivity contribution in [2.24, 2.45) is 0 Å². The van der Waals surface area contributed by atoms with Crippen LogP contribution in [0, 0.1) is 0 Å². The summed E-state index contributed by atoms with van der Waals surface area (Å²) in [7, 11) is -1.89. The summed E-state index contributed by atoms with van der Waals surface area (Å²) >= 11 is 0. The predicted octanol–water partition coefficient (Wildman–Crippen LogP) is 0.415. The molecule has 0 amide bonds. The molecule has 0 spiro atoms. The highest BCUT2D eigenvalue weighted by Gasteiger charge is 2.29. The molecule has 5 nitrogen and oxygen atoms in total. The number of hydrogen-bond acceptors (Lipinski definition) is 5. The minimum atomic E-state index is -3.43. The predicted molar refractivity (Wildman–Crippen MR) is 62.8 cm³/mol. The number of ether oxygens (including phenoxy) is 2. The van der Waals surface area contributed by atoms with E-state index in [-0.39, 0.29) is 4.90 Å². The molecule has 6 heteroatoms. The molecule has 0 aliphatic carbocycles. The van der Waals surface area contributed by atoms with Gasteiger partial charge < -0.3 is 14.8 Å². The summed E-state index contributed by atoms with van der Waals surface area (Å²) < 4.78 is 34.6. The van der Waals surface area contributed by atoms with Gasteiger partial charge in [-0.25, -0.2) is 8.42 Å². The van der Waals surface area contributed by atoms with Gasteiger partial charge >= 0.3 is 0 Å². The van der Waals surface area contributed by atoms with E-state index in [0.717, 1.165) is 0 Å². The van der Waals surface area contributed by atoms with E-state index in [1.807, 2.05) is 0 Å². The number of hydrogen-bond donors (Lipinski definition) is 1. The van der Waals surface area contributed by atoms with Crippen molar-refractivity contribution in [3.05, 3.63) is 24.3 Å². The van der Waals surface area contributed by atoms with Crippen LogP contribution in [-0.2, 0) is 14.6 Å². The molecule has 0 bridgehead atoms. The van der Waals surface area contributed by atoms with Crippen molar-refractivity contribution in [2.45, 2.75) is 10.3 Å². The Kier molecular flexibility index (Phi) is 3.66. The summed E-state index contributed by atoms with van der Waals surface area (Å²) in [5, 5.41) is 3.00. The van der Waals surface area contributed by atoms with Crippen molar-refractivity contribution in [1.29, 1.82) is 0 Å². The van der Waals surface area contributed by atoms with Gasteiger partial charge in [0, 0.05) is 13.1 Å². The molecule has 0 radical (unpaired) electrons. The minimum Gasteiger partial charge on any atom is -0.497 e. The van der Waals surface area contributed by atoms with E-state index in [1.54, 1.807) is 12.1 Å². The summed E-state index contributed by atoms with van der Waals surface area (Å²) in [6.07, 6.45) is 0. The molecule has 94 valence electrons. The molecular formula is C11H15NO4S. The van der Waals surface area contributed by atoms with E-state index in [9.17, 15) is 8.42 Å². The Morgan fingerprint density at radius 1 is 1.35 bits per heavy atom. The van der Waals surface area contributed by atoms with Gasteiger partial charge in [-0.15, -0.1) is 0 Å². The first-order valence-electron chi connectivity index (χ1n) is 5.35. The van der Waals surface area contributed by atoms with E-state index in [2.05, 4.69) is 5.32 Å². The van der Waals surface area contributed by atoms with Crippen LogP contribution in [0.1, 0.15) is 0 Å². The zero-order chi connectivity index (χ0) is 12.3. The van der Waals surface area contributed by atoms with E-state index in [4.69, 9.17) is 9.47 Å². The van der Waals surface area contributed by atoms with Gasteiger partial charge in [-0.05, 0) is 24.3 Å². The molecule has 0 aromatic heterocycles. The summed E-state index contributed by atoms with van der Waals surface area (Å²) in [5.74, 6) is 0.631. The fourth-order valence-corrected chi connectivity index (χ4v) is 3.09. The van der Waals surface area contributed by atoms with Crippen LogP contribution in [-0.4, -0.2) is 40.7 Å². The minimum absolute atomic E-state index is 0.256. The van der Waals surface area contributed by atoms with E-state index in [0.29, 0.717) is 25.4 Å². The fourth-order valence-electron chi connectivity index (χ4n) is 1.66. The van der Waals surface area contributed by atoms with Crippen LogP contribution in [0.15, 0.2) is 29.2 Å². The lowest BCUT2D eigenvalue weighted by molar-refractivity contribution is 0.0785. The Labute approximate surface area is 101 Å². The second-order valence-corrected chi connectivity index (χ2v) is 5.81. The first-order valence-corrected chi connectivity index (χ1v) is 6.89. The highest BCUT2D eigenvalue weighted by molar-refractivity contribution is 7.92. The molecule has 1 aromatic carbocycles. The summed E-state index contributed by atoms with van der Waals surface area (Å²) in [5.41, 5.74) is -0.801. The Morgan fingerprint density at radius 2 is 2.06 bits per heavy atom. The van der Waals surface area contributed by atoms with Crippen LogP contribution in [0.5, 0.6) is 5.75 Å². The maximum absolute atomic E-state index is 12.2. The topological polar surface area (TPSA) is 64.6 Å². The number of sulfone groups is 1. The number of benzene rings is 1. The maximum Gasteiger partial charge on any atom is 0.206 e. The second-order valence-electron chi connectivity index (χ2n) is 3.73. The molecule has 17 heavy (non-hydrogen) atoms. The normalized spacial score (nSPS) is 21.1. The largest absolute Gasteiger partial charge is 0.497 e. The van der Waals surface area contributed by atoms with Crippen LogP contribution in [0.25, 0.3) is 0 Å². The third-order valence-corrected chi connectivity index (χ3v) is 4.55. The van der Waals surface area contributed by atoms with Gasteiger partial charge in [-0.2, -0.15) is 0 Å². The zero-order valence-electron chi connectivity index (χ0n) is 9.55. The van der Waals surface area contributed by atoms with Crippen LogP contribution in [0.2, 0.25) is 0 Å². The quantitative estimate of drug-likeness (QED) is 0.850. The Hall–Kier alpha value is -1.11. The lowest BCUT2D eigenvalue weighted by Crippen LogP contribution is -2.42. The molecule has 2 rings (SSSR count). The van der Waals surface area contributed by atoms with E-state index in [1.165, 1.54) is 19.2 Å². The lowest BCUT2D eigenvalue weighted by atomic mass is 10.3. The van der Waals surface area contributed by atoms with Gasteiger partial charge in [0.05, 0.1) is 18.6 Å². The molecule has 1 heterocycles. The summed E-state index contributed by atoms with van der Waals surface area (Å²) in [6, 6.07) is 6.32. The van der Waals surface area contributed by atoms with Crippen LogP contribution < -0.4 is 10.1 Å². The molecule has 1 aliphatic heterocycles. The number of rotatable bonds is 3. The van der Waals surface area contributed by atoms with Crippen molar-refractivity contribution in [3.63, 3.8) is 0 Å². The monoisotopic (exact) mass is 257 g/mol. The standard InChI is InChI=1S/C11H15NO4S/c1-15-9-2-4-10(5-3-9)17(13,14)11-8-12-6-7-16-11/h2-5,11-12H,6-8H2,1H3. The maximum atomic E-state index is 12.2. The Morgan fingerprint density at radius 3 is 2.59 bits per heavy atom. The van der Waals surface area contributed by atoms with Gasteiger partial charge in [0.25, 0.3) is 0 Å². The van der Waals surface area contributed by atoms with Crippen LogP contribution >= 0.6 is 0 Å². The molecule has 1 N–H and O–H groups in total. The van der Waals surface area contributed by atoms with Gasteiger partial charge in [-0.3, -0.25) is 0 Å². The Bertz CT molecular complexity index is 463. The molecular weight excluding hydrogens is 242 g/mol. The molecule has 1 aliphatic rings. The second kappa shape index (κ2) is 5.03. The number of methoxy groups -OCH3 is 1. The zero-order valence-corrected chi connectivity index (χ0v) is 10.4. The van der Waals surface area contributed by atoms with Gasteiger partial charge in [0.15, 0.2) is 5.44 Å². The molecule has 1 aromatic rings. The van der Waals surface area contributed by atoms with E-state index >= 15 is 0 Å². The average molecular weight is 257 g/mol. The first kappa shape index (κ1) is 12.3. The number of morpholine rings is 1. The van der Waals surface area contributed by atoms with Crippen molar-refractivity contribution in [2.75, 3.05) is 26.8 Å². The fraction of sp³-hybridized carbons (Fsp3) is 0.455.